The molecular formula is C17H13FO3. The van der Waals surface area contributed by atoms with Crippen molar-refractivity contribution in [3.8, 4) is 0 Å². The fourth-order valence-electron chi connectivity index (χ4n) is 2.70. The molecule has 1 aliphatic heterocycles. The second-order valence-electron chi connectivity index (χ2n) is 5.25. The number of furan rings is 1. The Balaban J connectivity index is 1.73. The van der Waals surface area contributed by atoms with Gasteiger partial charge in [-0.25, -0.2) is 4.39 Å². The lowest BCUT2D eigenvalue weighted by Gasteiger charge is -2.09. The van der Waals surface area contributed by atoms with Gasteiger partial charge in [0, 0.05) is 5.39 Å². The minimum atomic E-state index is -0.869. The zero-order valence-corrected chi connectivity index (χ0v) is 11.2. The third-order valence-corrected chi connectivity index (χ3v) is 3.83. The van der Waals surface area contributed by atoms with Crippen molar-refractivity contribution >= 4 is 11.0 Å². The molecule has 0 aliphatic carbocycles. The second kappa shape index (κ2) is 4.69. The van der Waals surface area contributed by atoms with Crippen LogP contribution in [0.2, 0.25) is 0 Å². The molecule has 21 heavy (non-hydrogen) atoms. The Morgan fingerprint density at radius 3 is 2.76 bits per heavy atom. The van der Waals surface area contributed by atoms with Crippen molar-refractivity contribution in [2.24, 2.45) is 0 Å². The van der Waals surface area contributed by atoms with Crippen LogP contribution in [-0.4, -0.2) is 5.11 Å². The standard InChI is InChI=1S/C17H13FO3/c18-14-3-4-15-12(6-14)7-16(21-15)17(19)10-1-2-11-8-20-9-13(11)5-10/h1-7,17,19H,8-9H2. The van der Waals surface area contributed by atoms with E-state index in [0.29, 0.717) is 29.9 Å². The molecule has 1 N–H and O–H groups in total. The first-order valence-corrected chi connectivity index (χ1v) is 6.77. The van der Waals surface area contributed by atoms with Gasteiger partial charge in [0.2, 0.25) is 0 Å². The highest BCUT2D eigenvalue weighted by molar-refractivity contribution is 5.78. The van der Waals surface area contributed by atoms with Crippen molar-refractivity contribution in [1.82, 2.24) is 0 Å². The SMILES string of the molecule is OC(c1ccc2c(c1)COC2)c1cc2cc(F)ccc2o1. The number of aliphatic hydroxyl groups is 1. The average molecular weight is 284 g/mol. The van der Waals surface area contributed by atoms with E-state index in [1.165, 1.54) is 12.1 Å². The molecule has 0 radical (unpaired) electrons. The Kier molecular flexibility index (Phi) is 2.80. The van der Waals surface area contributed by atoms with Gasteiger partial charge in [-0.05, 0) is 41.0 Å². The number of rotatable bonds is 2. The summed E-state index contributed by atoms with van der Waals surface area (Å²) in [6.07, 6.45) is -0.869. The van der Waals surface area contributed by atoms with Crippen LogP contribution in [0.4, 0.5) is 4.39 Å². The Hall–Kier alpha value is -2.17. The number of hydrogen-bond donors (Lipinski definition) is 1. The van der Waals surface area contributed by atoms with E-state index in [-0.39, 0.29) is 5.82 Å². The smallest absolute Gasteiger partial charge is 0.138 e. The van der Waals surface area contributed by atoms with Crippen molar-refractivity contribution in [3.05, 3.63) is 70.7 Å². The van der Waals surface area contributed by atoms with E-state index in [2.05, 4.69) is 0 Å². The number of halogens is 1. The van der Waals surface area contributed by atoms with Crippen molar-refractivity contribution in [3.63, 3.8) is 0 Å². The minimum Gasteiger partial charge on any atom is -0.458 e. The summed E-state index contributed by atoms with van der Waals surface area (Å²) in [6.45, 7) is 1.19. The third kappa shape index (κ3) is 2.13. The zero-order chi connectivity index (χ0) is 14.4. The summed E-state index contributed by atoms with van der Waals surface area (Å²) in [7, 11) is 0. The van der Waals surface area contributed by atoms with Crippen molar-refractivity contribution in [2.45, 2.75) is 19.3 Å². The number of fused-ring (bicyclic) bond motifs is 2. The van der Waals surface area contributed by atoms with Crippen LogP contribution in [0.3, 0.4) is 0 Å². The number of benzene rings is 2. The second-order valence-corrected chi connectivity index (χ2v) is 5.25. The Bertz CT molecular complexity index is 822. The molecular weight excluding hydrogens is 271 g/mol. The van der Waals surface area contributed by atoms with Gasteiger partial charge in [-0.1, -0.05) is 18.2 Å². The molecule has 3 aromatic rings. The van der Waals surface area contributed by atoms with E-state index in [0.717, 1.165) is 16.7 Å². The van der Waals surface area contributed by atoms with Gasteiger partial charge in [0.1, 0.15) is 23.3 Å². The van der Waals surface area contributed by atoms with Gasteiger partial charge in [-0.2, -0.15) is 0 Å². The van der Waals surface area contributed by atoms with E-state index in [1.54, 1.807) is 12.1 Å². The van der Waals surface area contributed by atoms with Crippen LogP contribution in [0, 0.1) is 5.82 Å². The van der Waals surface area contributed by atoms with E-state index >= 15 is 0 Å². The van der Waals surface area contributed by atoms with Gasteiger partial charge >= 0.3 is 0 Å². The lowest BCUT2D eigenvalue weighted by Crippen LogP contribution is -1.99. The fourth-order valence-corrected chi connectivity index (χ4v) is 2.70. The van der Waals surface area contributed by atoms with E-state index in [4.69, 9.17) is 9.15 Å². The van der Waals surface area contributed by atoms with Crippen molar-refractivity contribution in [1.29, 1.82) is 0 Å². The van der Waals surface area contributed by atoms with Gasteiger partial charge in [0.05, 0.1) is 13.2 Å². The summed E-state index contributed by atoms with van der Waals surface area (Å²) in [5, 5.41) is 11.1. The van der Waals surface area contributed by atoms with Crippen molar-refractivity contribution in [2.75, 3.05) is 0 Å². The topological polar surface area (TPSA) is 42.6 Å². The van der Waals surface area contributed by atoms with Crippen LogP contribution in [0.15, 0.2) is 46.9 Å². The molecule has 2 heterocycles. The summed E-state index contributed by atoms with van der Waals surface area (Å²) in [6, 6.07) is 11.7. The summed E-state index contributed by atoms with van der Waals surface area (Å²) in [5.74, 6) is 0.0912. The first kappa shape index (κ1) is 12.6. The molecule has 0 bridgehead atoms. The molecule has 4 heteroatoms. The van der Waals surface area contributed by atoms with E-state index in [9.17, 15) is 9.50 Å². The van der Waals surface area contributed by atoms with Gasteiger partial charge < -0.3 is 14.3 Å². The maximum Gasteiger partial charge on any atom is 0.138 e. The molecule has 1 atom stereocenters. The fraction of sp³-hybridized carbons (Fsp3) is 0.176. The van der Waals surface area contributed by atoms with Gasteiger partial charge in [0.15, 0.2) is 0 Å². The van der Waals surface area contributed by atoms with Gasteiger partial charge in [0.25, 0.3) is 0 Å². The highest BCUT2D eigenvalue weighted by atomic mass is 19.1. The molecule has 4 rings (SSSR count). The van der Waals surface area contributed by atoms with Crippen LogP contribution in [-0.2, 0) is 18.0 Å². The average Bonchev–Trinajstić information content (AvgIpc) is 3.11. The van der Waals surface area contributed by atoms with Crippen LogP contribution < -0.4 is 0 Å². The predicted octanol–water partition coefficient (Wildman–Crippen LogP) is 3.68. The normalized spacial score (nSPS) is 15.3. The number of ether oxygens (including phenoxy) is 1. The molecule has 1 aliphatic rings. The molecule has 2 aromatic carbocycles. The van der Waals surface area contributed by atoms with Crippen LogP contribution in [0.25, 0.3) is 11.0 Å². The molecule has 1 unspecified atom stereocenters. The van der Waals surface area contributed by atoms with Gasteiger partial charge in [-0.3, -0.25) is 0 Å². The summed E-state index contributed by atoms with van der Waals surface area (Å²) < 4.78 is 24.2. The molecule has 0 fully saturated rings. The summed E-state index contributed by atoms with van der Waals surface area (Å²) >= 11 is 0. The third-order valence-electron chi connectivity index (χ3n) is 3.83. The highest BCUT2D eigenvalue weighted by Crippen LogP contribution is 2.31. The highest BCUT2D eigenvalue weighted by Gasteiger charge is 2.19. The molecule has 1 aromatic heterocycles. The Morgan fingerprint density at radius 1 is 1.00 bits per heavy atom. The van der Waals surface area contributed by atoms with Crippen LogP contribution >= 0.6 is 0 Å². The first-order valence-electron chi connectivity index (χ1n) is 6.77. The van der Waals surface area contributed by atoms with E-state index in [1.807, 2.05) is 18.2 Å². The maximum absolute atomic E-state index is 13.2. The Labute approximate surface area is 120 Å². The van der Waals surface area contributed by atoms with Gasteiger partial charge in [-0.15, -0.1) is 0 Å². The molecule has 0 saturated carbocycles. The summed E-state index contributed by atoms with van der Waals surface area (Å²) in [5.41, 5.74) is 3.56. The molecule has 0 spiro atoms. The number of aliphatic hydroxyl groups excluding tert-OH is 1. The molecule has 106 valence electrons. The molecule has 0 saturated heterocycles. The maximum atomic E-state index is 13.2. The molecule has 3 nitrogen and oxygen atoms in total. The van der Waals surface area contributed by atoms with Crippen LogP contribution in [0.5, 0.6) is 0 Å². The lowest BCUT2D eigenvalue weighted by molar-refractivity contribution is 0.134. The quantitative estimate of drug-likeness (QED) is 0.780. The Morgan fingerprint density at radius 2 is 1.86 bits per heavy atom. The predicted molar refractivity (Wildman–Crippen MR) is 75.2 cm³/mol. The van der Waals surface area contributed by atoms with E-state index < -0.39 is 6.10 Å². The number of hydrogen-bond acceptors (Lipinski definition) is 3. The zero-order valence-electron chi connectivity index (χ0n) is 11.2. The minimum absolute atomic E-state index is 0.320. The monoisotopic (exact) mass is 284 g/mol. The first-order chi connectivity index (χ1) is 10.2. The molecule has 0 amide bonds. The largest absolute Gasteiger partial charge is 0.458 e. The lowest BCUT2D eigenvalue weighted by atomic mass is 10.0. The van der Waals surface area contributed by atoms with Crippen LogP contribution in [0.1, 0.15) is 28.6 Å². The summed E-state index contributed by atoms with van der Waals surface area (Å²) in [4.78, 5) is 0. The van der Waals surface area contributed by atoms with Crippen molar-refractivity contribution < 1.29 is 18.7 Å².